The molecule has 3 rings (SSSR count). The molecular weight excluding hydrogens is 318 g/mol. The van der Waals surface area contributed by atoms with Crippen LogP contribution in [-0.2, 0) is 9.53 Å². The van der Waals surface area contributed by atoms with Gasteiger partial charge < -0.3 is 4.74 Å². The highest BCUT2D eigenvalue weighted by molar-refractivity contribution is 6.34. The number of benzene rings is 2. The normalized spacial score (nSPS) is 14.2. The maximum Gasteiger partial charge on any atom is 0.313 e. The van der Waals surface area contributed by atoms with Crippen LogP contribution in [0, 0.1) is 0 Å². The minimum Gasteiger partial charge on any atom is -0.461 e. The smallest absolute Gasteiger partial charge is 0.313 e. The number of rotatable bonds is 5. The predicted octanol–water partition coefficient (Wildman–Crippen LogP) is 3.32. The Morgan fingerprint density at radius 2 is 1.64 bits per heavy atom. The molecular formula is C20H17NO4. The Hall–Kier alpha value is -3.21. The van der Waals surface area contributed by atoms with Crippen molar-refractivity contribution in [3.8, 4) is 0 Å². The molecule has 2 aromatic carbocycles. The van der Waals surface area contributed by atoms with Crippen LogP contribution in [-0.4, -0.2) is 24.4 Å². The van der Waals surface area contributed by atoms with Gasteiger partial charge in [0.1, 0.15) is 6.61 Å². The van der Waals surface area contributed by atoms with Gasteiger partial charge in [-0.05, 0) is 36.8 Å². The minimum absolute atomic E-state index is 0.163. The molecule has 0 aromatic heterocycles. The highest BCUT2D eigenvalue weighted by Gasteiger charge is 2.36. The molecule has 5 heteroatoms. The molecule has 0 bridgehead atoms. The molecule has 1 unspecified atom stereocenters. The molecule has 2 amide bonds. The Morgan fingerprint density at radius 3 is 2.16 bits per heavy atom. The number of fused-ring (bicyclic) bond motifs is 1. The third kappa shape index (κ3) is 2.96. The van der Waals surface area contributed by atoms with Crippen LogP contribution in [0.2, 0.25) is 0 Å². The van der Waals surface area contributed by atoms with Crippen molar-refractivity contribution in [2.75, 3.05) is 11.5 Å². The van der Waals surface area contributed by atoms with E-state index in [0.29, 0.717) is 16.8 Å². The lowest BCUT2D eigenvalue weighted by Crippen LogP contribution is -2.29. The largest absolute Gasteiger partial charge is 0.461 e. The van der Waals surface area contributed by atoms with Gasteiger partial charge in [-0.3, -0.25) is 14.4 Å². The highest BCUT2D eigenvalue weighted by atomic mass is 16.5. The molecule has 0 N–H and O–H groups in total. The van der Waals surface area contributed by atoms with E-state index in [9.17, 15) is 14.4 Å². The number of carbonyl (C=O) groups is 3. The summed E-state index contributed by atoms with van der Waals surface area (Å²) in [5.41, 5.74) is 2.02. The van der Waals surface area contributed by atoms with Crippen molar-refractivity contribution in [1.29, 1.82) is 0 Å². The van der Waals surface area contributed by atoms with Crippen LogP contribution in [0.15, 0.2) is 61.2 Å². The van der Waals surface area contributed by atoms with Crippen molar-refractivity contribution < 1.29 is 19.1 Å². The van der Waals surface area contributed by atoms with Crippen LogP contribution in [0.4, 0.5) is 5.69 Å². The topological polar surface area (TPSA) is 63.7 Å². The van der Waals surface area contributed by atoms with E-state index in [-0.39, 0.29) is 24.4 Å². The van der Waals surface area contributed by atoms with Crippen LogP contribution < -0.4 is 4.90 Å². The Kier molecular flexibility index (Phi) is 4.48. The van der Waals surface area contributed by atoms with Crippen molar-refractivity contribution in [3.63, 3.8) is 0 Å². The molecule has 126 valence electrons. The quantitative estimate of drug-likeness (QED) is 0.478. The fraction of sp³-hybridized carbons (Fsp3) is 0.150. The number of imide groups is 1. The molecule has 2 aromatic rings. The first-order valence-corrected chi connectivity index (χ1v) is 7.90. The molecule has 1 heterocycles. The Balaban J connectivity index is 1.82. The average molecular weight is 335 g/mol. The van der Waals surface area contributed by atoms with E-state index in [1.807, 2.05) is 0 Å². The molecule has 0 spiro atoms. The second-order valence-corrected chi connectivity index (χ2v) is 5.72. The molecule has 5 nitrogen and oxygen atoms in total. The first kappa shape index (κ1) is 16.6. The first-order chi connectivity index (χ1) is 12.0. The number of ether oxygens (including phenoxy) is 1. The fourth-order valence-corrected chi connectivity index (χ4v) is 2.74. The molecule has 0 saturated carbocycles. The Labute approximate surface area is 145 Å². The fourth-order valence-electron chi connectivity index (χ4n) is 2.74. The van der Waals surface area contributed by atoms with Gasteiger partial charge in [-0.2, -0.15) is 0 Å². The molecule has 0 fully saturated rings. The lowest BCUT2D eigenvalue weighted by molar-refractivity contribution is -0.143. The van der Waals surface area contributed by atoms with Gasteiger partial charge in [0.2, 0.25) is 0 Å². The molecule has 25 heavy (non-hydrogen) atoms. The van der Waals surface area contributed by atoms with Crippen LogP contribution >= 0.6 is 0 Å². The summed E-state index contributed by atoms with van der Waals surface area (Å²) in [6.45, 7) is 5.41. The average Bonchev–Trinajstić information content (AvgIpc) is 2.90. The molecule has 0 aliphatic carbocycles. The summed E-state index contributed by atoms with van der Waals surface area (Å²) in [4.78, 5) is 38.0. The summed E-state index contributed by atoms with van der Waals surface area (Å²) < 4.78 is 5.04. The maximum atomic E-state index is 12.5. The second kappa shape index (κ2) is 6.73. The SMILES string of the molecule is C=CCOC(=O)C(C)c1ccc(N2C(=O)c3ccccc3C2=O)cc1. The summed E-state index contributed by atoms with van der Waals surface area (Å²) in [6, 6.07) is 13.5. The van der Waals surface area contributed by atoms with Gasteiger partial charge in [-0.15, -0.1) is 0 Å². The van der Waals surface area contributed by atoms with Gasteiger partial charge in [-0.25, -0.2) is 4.90 Å². The number of hydrogen-bond donors (Lipinski definition) is 0. The highest BCUT2D eigenvalue weighted by Crippen LogP contribution is 2.29. The number of nitrogens with zero attached hydrogens (tertiary/aromatic N) is 1. The predicted molar refractivity (Wildman–Crippen MR) is 93.6 cm³/mol. The van der Waals surface area contributed by atoms with Gasteiger partial charge in [0, 0.05) is 0 Å². The summed E-state index contributed by atoms with van der Waals surface area (Å²) in [5, 5.41) is 0. The third-order valence-electron chi connectivity index (χ3n) is 4.14. The number of carbonyl (C=O) groups excluding carboxylic acids is 3. The van der Waals surface area contributed by atoms with Crippen LogP contribution in [0.25, 0.3) is 0 Å². The second-order valence-electron chi connectivity index (χ2n) is 5.72. The molecule has 1 aliphatic heterocycles. The summed E-state index contributed by atoms with van der Waals surface area (Å²) in [7, 11) is 0. The summed E-state index contributed by atoms with van der Waals surface area (Å²) in [6.07, 6.45) is 1.51. The zero-order valence-corrected chi connectivity index (χ0v) is 13.8. The summed E-state index contributed by atoms with van der Waals surface area (Å²) >= 11 is 0. The minimum atomic E-state index is -0.448. The molecule has 1 atom stereocenters. The van der Waals surface area contributed by atoms with Gasteiger partial charge in [0.05, 0.1) is 22.7 Å². The van der Waals surface area contributed by atoms with E-state index in [4.69, 9.17) is 4.74 Å². The van der Waals surface area contributed by atoms with E-state index in [1.54, 1.807) is 55.5 Å². The van der Waals surface area contributed by atoms with Crippen LogP contribution in [0.3, 0.4) is 0 Å². The zero-order chi connectivity index (χ0) is 18.0. The first-order valence-electron chi connectivity index (χ1n) is 7.90. The molecule has 0 radical (unpaired) electrons. The van der Waals surface area contributed by atoms with Crippen molar-refractivity contribution >= 4 is 23.5 Å². The Bertz CT molecular complexity index is 819. The van der Waals surface area contributed by atoms with E-state index < -0.39 is 5.92 Å². The zero-order valence-electron chi connectivity index (χ0n) is 13.8. The van der Waals surface area contributed by atoms with Gasteiger partial charge in [-0.1, -0.05) is 36.9 Å². The number of hydrogen-bond acceptors (Lipinski definition) is 4. The monoisotopic (exact) mass is 335 g/mol. The van der Waals surface area contributed by atoms with Crippen molar-refractivity contribution in [3.05, 3.63) is 77.9 Å². The standard InChI is InChI=1S/C20H17NO4/c1-3-12-25-20(24)13(2)14-8-10-15(11-9-14)21-18(22)16-6-4-5-7-17(16)19(21)23/h3-11,13H,1,12H2,2H3. The number of esters is 1. The maximum absolute atomic E-state index is 12.5. The Morgan fingerprint density at radius 1 is 1.08 bits per heavy atom. The van der Waals surface area contributed by atoms with E-state index in [2.05, 4.69) is 6.58 Å². The summed E-state index contributed by atoms with van der Waals surface area (Å²) in [5.74, 6) is -1.48. The van der Waals surface area contributed by atoms with Crippen LogP contribution in [0.1, 0.15) is 39.1 Å². The van der Waals surface area contributed by atoms with Gasteiger partial charge >= 0.3 is 5.97 Å². The van der Waals surface area contributed by atoms with Gasteiger partial charge in [0.15, 0.2) is 0 Å². The van der Waals surface area contributed by atoms with E-state index >= 15 is 0 Å². The van der Waals surface area contributed by atoms with Crippen molar-refractivity contribution in [2.45, 2.75) is 12.8 Å². The lowest BCUT2D eigenvalue weighted by atomic mass is 10.0. The van der Waals surface area contributed by atoms with E-state index in [0.717, 1.165) is 10.5 Å². The van der Waals surface area contributed by atoms with Gasteiger partial charge in [0.25, 0.3) is 11.8 Å². The molecule has 0 saturated heterocycles. The van der Waals surface area contributed by atoms with Crippen LogP contribution in [0.5, 0.6) is 0 Å². The number of anilines is 1. The van der Waals surface area contributed by atoms with Crippen molar-refractivity contribution in [1.82, 2.24) is 0 Å². The number of amides is 2. The van der Waals surface area contributed by atoms with E-state index in [1.165, 1.54) is 6.08 Å². The third-order valence-corrected chi connectivity index (χ3v) is 4.14. The molecule has 1 aliphatic rings. The van der Waals surface area contributed by atoms with Crippen molar-refractivity contribution in [2.24, 2.45) is 0 Å². The lowest BCUT2D eigenvalue weighted by Gasteiger charge is -2.16.